The zero-order chi connectivity index (χ0) is 14.9. The minimum absolute atomic E-state index is 0.132. The fourth-order valence-electron chi connectivity index (χ4n) is 2.16. The van der Waals surface area contributed by atoms with E-state index in [0.29, 0.717) is 17.1 Å². The number of nitrogens with zero attached hydrogens (tertiary/aromatic N) is 1. The third-order valence-electron chi connectivity index (χ3n) is 2.91. The molecule has 1 aliphatic rings. The number of amides is 3. The van der Waals surface area contributed by atoms with Crippen LogP contribution in [0.15, 0.2) is 12.1 Å². The maximum Gasteiger partial charge on any atom is 0.236 e. The van der Waals surface area contributed by atoms with Crippen molar-refractivity contribution in [2.24, 2.45) is 11.5 Å². The smallest absolute Gasteiger partial charge is 0.236 e. The average molecular weight is 277 g/mol. The Morgan fingerprint density at radius 3 is 2.35 bits per heavy atom. The Labute approximate surface area is 114 Å². The summed E-state index contributed by atoms with van der Waals surface area (Å²) in [5.41, 5.74) is 18.4. The van der Waals surface area contributed by atoms with E-state index in [-0.39, 0.29) is 25.4 Å². The number of primary amides is 2. The first-order valence-electron chi connectivity index (χ1n) is 5.90. The second kappa shape index (κ2) is 5.08. The number of anilines is 3. The molecule has 0 fully saturated rings. The fourth-order valence-corrected chi connectivity index (χ4v) is 2.16. The van der Waals surface area contributed by atoms with E-state index in [1.165, 1.54) is 4.90 Å². The Morgan fingerprint density at radius 2 is 1.80 bits per heavy atom. The Hall–Kier alpha value is -2.77. The maximum absolute atomic E-state index is 11.3. The number of fused-ring (bicyclic) bond motifs is 1. The molecule has 0 saturated heterocycles. The van der Waals surface area contributed by atoms with Crippen molar-refractivity contribution in [3.63, 3.8) is 0 Å². The first-order valence-corrected chi connectivity index (χ1v) is 5.90. The van der Waals surface area contributed by atoms with Crippen molar-refractivity contribution in [2.75, 3.05) is 29.0 Å². The molecule has 0 unspecified atom stereocenters. The van der Waals surface area contributed by atoms with Crippen molar-refractivity contribution in [3.8, 4) is 0 Å². The van der Waals surface area contributed by atoms with Crippen molar-refractivity contribution in [1.82, 2.24) is 0 Å². The lowest BCUT2D eigenvalue weighted by molar-refractivity contribution is -0.117. The van der Waals surface area contributed by atoms with E-state index in [9.17, 15) is 14.4 Å². The number of hydrogen-bond acceptors (Lipinski definition) is 5. The minimum Gasteiger partial charge on any atom is -0.397 e. The molecular weight excluding hydrogens is 262 g/mol. The molecular formula is C12H15N5O3. The number of nitrogens with one attached hydrogen (secondary N) is 1. The predicted octanol–water partition coefficient (Wildman–Crippen LogP) is -1.46. The van der Waals surface area contributed by atoms with Crippen LogP contribution >= 0.6 is 0 Å². The summed E-state index contributed by atoms with van der Waals surface area (Å²) in [6.07, 6.45) is 0.255. The third-order valence-corrected chi connectivity index (χ3v) is 2.91. The van der Waals surface area contributed by atoms with Gasteiger partial charge in [-0.1, -0.05) is 0 Å². The predicted molar refractivity (Wildman–Crippen MR) is 73.8 cm³/mol. The van der Waals surface area contributed by atoms with Crippen LogP contribution in [0, 0.1) is 0 Å². The molecule has 7 N–H and O–H groups in total. The highest BCUT2D eigenvalue weighted by molar-refractivity contribution is 6.01. The summed E-state index contributed by atoms with van der Waals surface area (Å²) in [6.45, 7) is -0.389. The van der Waals surface area contributed by atoms with E-state index in [1.54, 1.807) is 12.1 Å². The van der Waals surface area contributed by atoms with Gasteiger partial charge in [0, 0.05) is 5.69 Å². The Bertz CT molecular complexity index is 583. The van der Waals surface area contributed by atoms with Gasteiger partial charge in [-0.2, -0.15) is 0 Å². The van der Waals surface area contributed by atoms with Crippen LogP contribution < -0.4 is 27.4 Å². The van der Waals surface area contributed by atoms with Gasteiger partial charge in [0.25, 0.3) is 0 Å². The summed E-state index contributed by atoms with van der Waals surface area (Å²) in [6, 6.07) is 3.25. The summed E-state index contributed by atoms with van der Waals surface area (Å²) in [5, 5.41) is 2.67. The summed E-state index contributed by atoms with van der Waals surface area (Å²) in [4.78, 5) is 34.9. The molecule has 1 heterocycles. The van der Waals surface area contributed by atoms with E-state index in [2.05, 4.69) is 5.32 Å². The zero-order valence-corrected chi connectivity index (χ0v) is 10.7. The summed E-state index contributed by atoms with van der Waals surface area (Å²) < 4.78 is 0. The standard InChI is InChI=1S/C12H15N5O3/c13-7-1-6-2-12(20)16-8(6)3-9(7)17(4-10(14)18)5-11(15)19/h1,3H,2,4-5,13H2,(H2,14,18)(H2,15,19)(H,16,20). The van der Waals surface area contributed by atoms with Crippen LogP contribution in [-0.2, 0) is 20.8 Å². The van der Waals surface area contributed by atoms with Crippen LogP contribution in [0.4, 0.5) is 17.1 Å². The highest BCUT2D eigenvalue weighted by Crippen LogP contribution is 2.33. The molecule has 0 radical (unpaired) electrons. The van der Waals surface area contributed by atoms with Crippen LogP contribution in [0.25, 0.3) is 0 Å². The van der Waals surface area contributed by atoms with E-state index in [0.717, 1.165) is 5.56 Å². The molecule has 1 aromatic rings. The Balaban J connectivity index is 2.38. The van der Waals surface area contributed by atoms with E-state index >= 15 is 0 Å². The number of rotatable bonds is 5. The first-order chi connectivity index (χ1) is 9.36. The molecule has 0 aliphatic carbocycles. The Morgan fingerprint density at radius 1 is 1.20 bits per heavy atom. The van der Waals surface area contributed by atoms with E-state index < -0.39 is 11.8 Å². The van der Waals surface area contributed by atoms with Gasteiger partial charge in [-0.25, -0.2) is 0 Å². The molecule has 0 bridgehead atoms. The van der Waals surface area contributed by atoms with Crippen molar-refractivity contribution >= 4 is 34.8 Å². The van der Waals surface area contributed by atoms with Crippen LogP contribution in [0.5, 0.6) is 0 Å². The van der Waals surface area contributed by atoms with Crippen LogP contribution in [0.2, 0.25) is 0 Å². The highest BCUT2D eigenvalue weighted by atomic mass is 16.2. The molecule has 2 rings (SSSR count). The summed E-state index contributed by atoms with van der Waals surface area (Å²) in [7, 11) is 0. The lowest BCUT2D eigenvalue weighted by atomic mass is 10.1. The molecule has 106 valence electrons. The molecule has 0 spiro atoms. The van der Waals surface area contributed by atoms with Gasteiger partial charge >= 0.3 is 0 Å². The second-order valence-electron chi connectivity index (χ2n) is 4.58. The van der Waals surface area contributed by atoms with Crippen molar-refractivity contribution in [2.45, 2.75) is 6.42 Å². The van der Waals surface area contributed by atoms with Gasteiger partial charge in [0.15, 0.2) is 0 Å². The molecule has 0 atom stereocenters. The van der Waals surface area contributed by atoms with Gasteiger partial charge < -0.3 is 27.4 Å². The van der Waals surface area contributed by atoms with Gasteiger partial charge in [-0.3, -0.25) is 14.4 Å². The van der Waals surface area contributed by atoms with Gasteiger partial charge in [0.05, 0.1) is 30.9 Å². The van der Waals surface area contributed by atoms with Gasteiger partial charge in [0.2, 0.25) is 17.7 Å². The van der Waals surface area contributed by atoms with Crippen LogP contribution in [0.1, 0.15) is 5.56 Å². The SMILES string of the molecule is NC(=O)CN(CC(N)=O)c1cc2c(cc1N)CC(=O)N2. The van der Waals surface area contributed by atoms with Crippen molar-refractivity contribution < 1.29 is 14.4 Å². The molecule has 20 heavy (non-hydrogen) atoms. The minimum atomic E-state index is -0.616. The number of nitrogens with two attached hydrogens (primary N) is 3. The molecule has 3 amide bonds. The number of hydrogen-bond donors (Lipinski definition) is 4. The second-order valence-corrected chi connectivity index (χ2v) is 4.58. The average Bonchev–Trinajstić information content (AvgIpc) is 2.65. The summed E-state index contributed by atoms with van der Waals surface area (Å²) >= 11 is 0. The topological polar surface area (TPSA) is 145 Å². The van der Waals surface area contributed by atoms with Crippen molar-refractivity contribution in [3.05, 3.63) is 17.7 Å². The fraction of sp³-hybridized carbons (Fsp3) is 0.250. The number of carbonyl (C=O) groups is 3. The van der Waals surface area contributed by atoms with Gasteiger partial charge in [0.1, 0.15) is 0 Å². The molecule has 0 saturated carbocycles. The molecule has 8 heteroatoms. The van der Waals surface area contributed by atoms with Crippen molar-refractivity contribution in [1.29, 1.82) is 0 Å². The number of carbonyl (C=O) groups excluding carboxylic acids is 3. The quantitative estimate of drug-likeness (QED) is 0.486. The third kappa shape index (κ3) is 2.79. The largest absolute Gasteiger partial charge is 0.397 e. The molecule has 0 aromatic heterocycles. The molecule has 1 aliphatic heterocycles. The van der Waals surface area contributed by atoms with E-state index in [4.69, 9.17) is 17.2 Å². The van der Waals surface area contributed by atoms with Crippen LogP contribution in [-0.4, -0.2) is 30.8 Å². The zero-order valence-electron chi connectivity index (χ0n) is 10.7. The molecule has 8 nitrogen and oxygen atoms in total. The monoisotopic (exact) mass is 277 g/mol. The first kappa shape index (κ1) is 13.7. The van der Waals surface area contributed by atoms with E-state index in [1.807, 2.05) is 0 Å². The van der Waals surface area contributed by atoms with Crippen LogP contribution in [0.3, 0.4) is 0 Å². The lowest BCUT2D eigenvalue weighted by Crippen LogP contribution is -2.40. The normalized spacial score (nSPS) is 12.7. The maximum atomic E-state index is 11.3. The number of nitrogen functional groups attached to an aromatic ring is 1. The lowest BCUT2D eigenvalue weighted by Gasteiger charge is -2.24. The van der Waals surface area contributed by atoms with Gasteiger partial charge in [-0.15, -0.1) is 0 Å². The number of benzene rings is 1. The van der Waals surface area contributed by atoms with Gasteiger partial charge in [-0.05, 0) is 17.7 Å². The highest BCUT2D eigenvalue weighted by Gasteiger charge is 2.22. The molecule has 1 aromatic carbocycles. The Kier molecular flexibility index (Phi) is 3.47. The summed E-state index contributed by atoms with van der Waals surface area (Å²) in [5.74, 6) is -1.36.